The van der Waals surface area contributed by atoms with Crippen molar-refractivity contribution in [2.75, 3.05) is 18.5 Å². The van der Waals surface area contributed by atoms with Gasteiger partial charge in [-0.2, -0.15) is 5.10 Å². The molecule has 24 heavy (non-hydrogen) atoms. The maximum atomic E-state index is 6.14. The van der Waals surface area contributed by atoms with Gasteiger partial charge >= 0.3 is 0 Å². The molecule has 1 aliphatic heterocycles. The van der Waals surface area contributed by atoms with E-state index in [1.165, 1.54) is 11.3 Å². The predicted octanol–water partition coefficient (Wildman–Crippen LogP) is 5.13. The molecule has 0 saturated carbocycles. The average molecular weight is 364 g/mol. The molecule has 0 aromatic heterocycles. The highest BCUT2D eigenvalue weighted by Gasteiger charge is 2.15. The molecule has 1 saturated heterocycles. The van der Waals surface area contributed by atoms with Crippen LogP contribution in [-0.2, 0) is 6.54 Å². The van der Waals surface area contributed by atoms with Crippen molar-refractivity contribution in [1.29, 1.82) is 0 Å². The van der Waals surface area contributed by atoms with Gasteiger partial charge in [-0.15, -0.1) is 12.4 Å². The molecule has 1 N–H and O–H groups in total. The van der Waals surface area contributed by atoms with E-state index in [0.29, 0.717) is 0 Å². The second-order valence-electron chi connectivity index (χ2n) is 6.02. The molecule has 1 fully saturated rings. The van der Waals surface area contributed by atoms with E-state index in [1.54, 1.807) is 0 Å². The Kier molecular flexibility index (Phi) is 7.10. The van der Waals surface area contributed by atoms with E-state index >= 15 is 0 Å². The predicted molar refractivity (Wildman–Crippen MR) is 105 cm³/mol. The standard InChI is InChI=1S/C19H22ClN3.ClH/c1-15-7-8-18(13-19(15)20)22-21-17-9-11-23(12-10-17)14-16-5-3-2-4-6-16;/h2-8,13,22H,9-12,14H2,1H3;1H. The number of halogens is 2. The first-order chi connectivity index (χ1) is 11.2. The molecule has 5 heteroatoms. The van der Waals surface area contributed by atoms with E-state index in [1.807, 2.05) is 25.1 Å². The van der Waals surface area contributed by atoms with Gasteiger partial charge in [-0.1, -0.05) is 48.0 Å². The number of hydrogen-bond acceptors (Lipinski definition) is 3. The van der Waals surface area contributed by atoms with Gasteiger partial charge in [-0.3, -0.25) is 10.3 Å². The third-order valence-electron chi connectivity index (χ3n) is 4.20. The lowest BCUT2D eigenvalue weighted by Crippen LogP contribution is -2.33. The number of anilines is 1. The van der Waals surface area contributed by atoms with Crippen molar-refractivity contribution in [3.63, 3.8) is 0 Å². The fourth-order valence-electron chi connectivity index (χ4n) is 2.73. The number of nitrogens with zero attached hydrogens (tertiary/aromatic N) is 2. The molecule has 2 aromatic carbocycles. The number of hydrazone groups is 1. The maximum absolute atomic E-state index is 6.14. The van der Waals surface area contributed by atoms with E-state index < -0.39 is 0 Å². The number of rotatable bonds is 4. The number of likely N-dealkylation sites (tertiary alicyclic amines) is 1. The van der Waals surface area contributed by atoms with Gasteiger partial charge in [0.05, 0.1) is 5.69 Å². The van der Waals surface area contributed by atoms with Crippen molar-refractivity contribution >= 4 is 35.4 Å². The van der Waals surface area contributed by atoms with Gasteiger partial charge in [0.15, 0.2) is 0 Å². The van der Waals surface area contributed by atoms with Crippen molar-refractivity contribution in [2.24, 2.45) is 5.10 Å². The Morgan fingerprint density at radius 3 is 2.46 bits per heavy atom. The summed E-state index contributed by atoms with van der Waals surface area (Å²) in [7, 11) is 0. The van der Waals surface area contributed by atoms with Crippen LogP contribution in [0.15, 0.2) is 53.6 Å². The molecule has 0 amide bonds. The summed E-state index contributed by atoms with van der Waals surface area (Å²) in [6, 6.07) is 16.6. The van der Waals surface area contributed by atoms with Crippen LogP contribution in [0.4, 0.5) is 5.69 Å². The molecule has 0 spiro atoms. The van der Waals surface area contributed by atoms with Crippen LogP contribution in [0.25, 0.3) is 0 Å². The Morgan fingerprint density at radius 2 is 1.79 bits per heavy atom. The number of nitrogens with one attached hydrogen (secondary N) is 1. The van der Waals surface area contributed by atoms with Crippen LogP contribution in [0.3, 0.4) is 0 Å². The molecule has 128 valence electrons. The van der Waals surface area contributed by atoms with E-state index in [-0.39, 0.29) is 12.4 Å². The molecule has 0 aliphatic carbocycles. The zero-order valence-corrected chi connectivity index (χ0v) is 15.4. The Morgan fingerprint density at radius 1 is 1.08 bits per heavy atom. The summed E-state index contributed by atoms with van der Waals surface area (Å²) in [6.07, 6.45) is 2.03. The van der Waals surface area contributed by atoms with Crippen molar-refractivity contribution in [2.45, 2.75) is 26.3 Å². The first kappa shape index (κ1) is 18.8. The molecule has 0 bridgehead atoms. The summed E-state index contributed by atoms with van der Waals surface area (Å²) < 4.78 is 0. The Hall–Kier alpha value is -1.55. The highest BCUT2D eigenvalue weighted by Crippen LogP contribution is 2.20. The number of aryl methyl sites for hydroxylation is 1. The van der Waals surface area contributed by atoms with Gasteiger partial charge in [-0.05, 0) is 30.2 Å². The Bertz CT molecular complexity index is 676. The first-order valence-electron chi connectivity index (χ1n) is 8.04. The van der Waals surface area contributed by atoms with Crippen molar-refractivity contribution < 1.29 is 0 Å². The molecule has 2 aromatic rings. The molecule has 0 radical (unpaired) electrons. The van der Waals surface area contributed by atoms with Gasteiger partial charge in [0, 0.05) is 43.2 Å². The summed E-state index contributed by atoms with van der Waals surface area (Å²) in [4.78, 5) is 2.48. The van der Waals surface area contributed by atoms with Crippen LogP contribution in [0.5, 0.6) is 0 Å². The summed E-state index contributed by atoms with van der Waals surface area (Å²) in [5, 5.41) is 5.32. The average Bonchev–Trinajstić information content (AvgIpc) is 2.58. The zero-order valence-electron chi connectivity index (χ0n) is 13.8. The second kappa shape index (κ2) is 9.07. The summed E-state index contributed by atoms with van der Waals surface area (Å²) in [6.45, 7) is 5.14. The Balaban J connectivity index is 0.00000208. The first-order valence-corrected chi connectivity index (χ1v) is 8.42. The van der Waals surface area contributed by atoms with Gasteiger partial charge in [-0.25, -0.2) is 0 Å². The minimum absolute atomic E-state index is 0. The fraction of sp³-hybridized carbons (Fsp3) is 0.316. The molecule has 0 unspecified atom stereocenters. The van der Waals surface area contributed by atoms with Crippen LogP contribution in [0.1, 0.15) is 24.0 Å². The molecular weight excluding hydrogens is 341 g/mol. The number of hydrogen-bond donors (Lipinski definition) is 1. The molecule has 1 aliphatic rings. The molecule has 0 atom stereocenters. The zero-order chi connectivity index (χ0) is 16.1. The second-order valence-corrected chi connectivity index (χ2v) is 6.42. The smallest absolute Gasteiger partial charge is 0.0576 e. The summed E-state index contributed by atoms with van der Waals surface area (Å²) in [5.41, 5.74) is 7.76. The van der Waals surface area contributed by atoms with Gasteiger partial charge in [0.1, 0.15) is 0 Å². The molecular formula is C19H23Cl2N3. The van der Waals surface area contributed by atoms with Crippen molar-refractivity contribution in [3.8, 4) is 0 Å². The van der Waals surface area contributed by atoms with E-state index in [2.05, 4.69) is 45.8 Å². The lowest BCUT2D eigenvalue weighted by molar-refractivity contribution is 0.266. The summed E-state index contributed by atoms with van der Waals surface area (Å²) in [5.74, 6) is 0. The van der Waals surface area contributed by atoms with E-state index in [9.17, 15) is 0 Å². The summed E-state index contributed by atoms with van der Waals surface area (Å²) >= 11 is 6.14. The topological polar surface area (TPSA) is 27.6 Å². The SMILES string of the molecule is Cc1ccc(NN=C2CCN(Cc3ccccc3)CC2)cc1Cl.Cl. The van der Waals surface area contributed by atoms with E-state index in [0.717, 1.165) is 48.7 Å². The largest absolute Gasteiger partial charge is 0.298 e. The third-order valence-corrected chi connectivity index (χ3v) is 4.60. The molecule has 1 heterocycles. The van der Waals surface area contributed by atoms with Gasteiger partial charge in [0.2, 0.25) is 0 Å². The normalized spacial score (nSPS) is 14.8. The Labute approximate surface area is 155 Å². The van der Waals surface area contributed by atoms with Crippen molar-refractivity contribution in [1.82, 2.24) is 4.90 Å². The lowest BCUT2D eigenvalue weighted by Gasteiger charge is -2.27. The quantitative estimate of drug-likeness (QED) is 0.762. The van der Waals surface area contributed by atoms with Crippen molar-refractivity contribution in [3.05, 3.63) is 64.7 Å². The van der Waals surface area contributed by atoms with Crippen LogP contribution in [0, 0.1) is 6.92 Å². The van der Waals surface area contributed by atoms with Gasteiger partial charge in [0.25, 0.3) is 0 Å². The lowest BCUT2D eigenvalue weighted by atomic mass is 10.1. The fourth-order valence-corrected chi connectivity index (χ4v) is 2.91. The van der Waals surface area contributed by atoms with Crippen LogP contribution in [-0.4, -0.2) is 23.7 Å². The van der Waals surface area contributed by atoms with E-state index in [4.69, 9.17) is 11.6 Å². The minimum Gasteiger partial charge on any atom is -0.298 e. The minimum atomic E-state index is 0. The maximum Gasteiger partial charge on any atom is 0.0576 e. The highest BCUT2D eigenvalue weighted by atomic mass is 35.5. The molecule has 3 nitrogen and oxygen atoms in total. The van der Waals surface area contributed by atoms with Crippen LogP contribution >= 0.6 is 24.0 Å². The third kappa shape index (κ3) is 5.23. The van der Waals surface area contributed by atoms with Crippen LogP contribution < -0.4 is 5.43 Å². The van der Waals surface area contributed by atoms with Gasteiger partial charge < -0.3 is 0 Å². The number of benzene rings is 2. The number of piperidine rings is 1. The molecule has 3 rings (SSSR count). The van der Waals surface area contributed by atoms with Crippen LogP contribution in [0.2, 0.25) is 5.02 Å². The highest BCUT2D eigenvalue weighted by molar-refractivity contribution is 6.31. The monoisotopic (exact) mass is 363 g/mol.